The Bertz CT molecular complexity index is 161. The lowest BCUT2D eigenvalue weighted by Gasteiger charge is -1.86. The Morgan fingerprint density at radius 2 is 1.44 bits per heavy atom. The number of nitrogens with zero attached hydrogens (tertiary/aromatic N) is 2. The van der Waals surface area contributed by atoms with E-state index in [1.54, 1.807) is 0 Å². The number of nitriles is 2. The molecular formula is C4H7N2O2P. The Morgan fingerprint density at radius 1 is 1.33 bits per heavy atom. The molecule has 0 rings (SSSR count). The summed E-state index contributed by atoms with van der Waals surface area (Å²) >= 11 is 0. The van der Waals surface area contributed by atoms with Crippen LogP contribution in [0, 0.1) is 22.7 Å². The van der Waals surface area contributed by atoms with Crippen molar-refractivity contribution in [3.05, 3.63) is 0 Å². The van der Waals surface area contributed by atoms with E-state index in [-0.39, 0.29) is 0 Å². The fourth-order valence-electron chi connectivity index (χ4n) is 0. The van der Waals surface area contributed by atoms with Gasteiger partial charge in [-0.3, -0.25) is 4.57 Å². The molecule has 0 aliphatic rings. The minimum absolute atomic E-state index is 1.24. The average molecular weight is 146 g/mol. The van der Waals surface area contributed by atoms with Crippen molar-refractivity contribution in [3.63, 3.8) is 0 Å². The third-order valence-corrected chi connectivity index (χ3v) is 0.0500. The number of hydrogen-bond acceptors (Lipinski definition) is 3. The Balaban J connectivity index is 0. The van der Waals surface area contributed by atoms with Crippen LogP contribution in [0.2, 0.25) is 0 Å². The molecule has 4 nitrogen and oxygen atoms in total. The van der Waals surface area contributed by atoms with Crippen molar-refractivity contribution in [2.75, 3.05) is 13.3 Å². The van der Waals surface area contributed by atoms with Gasteiger partial charge in [-0.2, -0.15) is 10.5 Å². The summed E-state index contributed by atoms with van der Waals surface area (Å²) in [5, 5.41) is 14.5. The second-order valence-electron chi connectivity index (χ2n) is 1.52. The second-order valence-corrected chi connectivity index (χ2v) is 4.11. The van der Waals surface area contributed by atoms with E-state index in [4.69, 9.17) is 15.4 Å². The first kappa shape index (κ1) is 11.0. The molecule has 0 heterocycles. The molecule has 0 fully saturated rings. The van der Waals surface area contributed by atoms with Gasteiger partial charge in [-0.15, -0.1) is 0 Å². The fourth-order valence-corrected chi connectivity index (χ4v) is 0. The molecule has 0 aromatic carbocycles. The molecule has 0 unspecified atom stereocenters. The van der Waals surface area contributed by atoms with Gasteiger partial charge in [0.2, 0.25) is 0 Å². The lowest BCUT2D eigenvalue weighted by atomic mass is 10.9. The van der Waals surface area contributed by atoms with Gasteiger partial charge in [0.1, 0.15) is 0 Å². The molecule has 0 radical (unpaired) electrons. The third-order valence-electron chi connectivity index (χ3n) is 0.0500. The van der Waals surface area contributed by atoms with Crippen molar-refractivity contribution in [2.24, 2.45) is 0 Å². The molecule has 0 aliphatic heterocycles. The average Bonchev–Trinajstić information content (AvgIpc) is 1.61. The van der Waals surface area contributed by atoms with Gasteiger partial charge in [0.25, 0.3) is 0 Å². The van der Waals surface area contributed by atoms with E-state index in [1.165, 1.54) is 25.5 Å². The predicted octanol–water partition coefficient (Wildman–Crippen LogP) is 0.550. The lowest BCUT2D eigenvalue weighted by molar-refractivity contribution is 0.492. The quantitative estimate of drug-likeness (QED) is 0.505. The van der Waals surface area contributed by atoms with Gasteiger partial charge in [0.05, 0.1) is 0 Å². The maximum atomic E-state index is 9.77. The SMILES string of the molecule is CP(C)(=O)O.N#CC#N. The van der Waals surface area contributed by atoms with E-state index in [2.05, 4.69) is 0 Å². The minimum atomic E-state index is -2.64. The first-order chi connectivity index (χ1) is 3.91. The van der Waals surface area contributed by atoms with Gasteiger partial charge in [0, 0.05) is 13.3 Å². The first-order valence-corrected chi connectivity index (χ1v) is 4.53. The largest absolute Gasteiger partial charge is 0.345 e. The van der Waals surface area contributed by atoms with Gasteiger partial charge in [-0.1, -0.05) is 0 Å². The van der Waals surface area contributed by atoms with E-state index >= 15 is 0 Å². The van der Waals surface area contributed by atoms with Gasteiger partial charge in [0.15, 0.2) is 19.5 Å². The third kappa shape index (κ3) is 6630. The van der Waals surface area contributed by atoms with E-state index in [0.717, 1.165) is 0 Å². The molecular weight excluding hydrogens is 139 g/mol. The molecule has 5 heteroatoms. The molecule has 9 heavy (non-hydrogen) atoms. The van der Waals surface area contributed by atoms with Crippen molar-refractivity contribution in [1.29, 1.82) is 10.5 Å². The fraction of sp³-hybridized carbons (Fsp3) is 0.500. The Kier molecular flexibility index (Phi) is 6.51. The highest BCUT2D eigenvalue weighted by atomic mass is 31.2. The molecule has 0 atom stereocenters. The highest BCUT2D eigenvalue weighted by Crippen LogP contribution is 2.27. The molecule has 0 aliphatic carbocycles. The number of rotatable bonds is 0. The van der Waals surface area contributed by atoms with Gasteiger partial charge in [-0.05, 0) is 0 Å². The van der Waals surface area contributed by atoms with E-state index < -0.39 is 7.37 Å². The molecule has 0 aromatic heterocycles. The Morgan fingerprint density at radius 3 is 1.44 bits per heavy atom. The van der Waals surface area contributed by atoms with Crippen LogP contribution in [0.1, 0.15) is 0 Å². The van der Waals surface area contributed by atoms with Crippen molar-refractivity contribution in [2.45, 2.75) is 0 Å². The molecule has 0 saturated heterocycles. The maximum absolute atomic E-state index is 9.77. The van der Waals surface area contributed by atoms with Gasteiger partial charge in [-0.25, -0.2) is 0 Å². The molecule has 0 spiro atoms. The Labute approximate surface area is 53.8 Å². The highest BCUT2D eigenvalue weighted by molar-refractivity contribution is 7.56. The summed E-state index contributed by atoms with van der Waals surface area (Å²) in [5.74, 6) is 0. The summed E-state index contributed by atoms with van der Waals surface area (Å²) in [5.41, 5.74) is 0. The van der Waals surface area contributed by atoms with Crippen LogP contribution in [0.3, 0.4) is 0 Å². The zero-order valence-corrected chi connectivity index (χ0v) is 6.09. The second kappa shape index (κ2) is 5.31. The highest BCUT2D eigenvalue weighted by Gasteiger charge is 1.92. The van der Waals surface area contributed by atoms with Crippen LogP contribution >= 0.6 is 7.37 Å². The molecule has 0 amide bonds. The number of hydrogen-bond donors (Lipinski definition) is 1. The van der Waals surface area contributed by atoms with Gasteiger partial charge >= 0.3 is 0 Å². The smallest absolute Gasteiger partial charge is 0.194 e. The first-order valence-electron chi connectivity index (χ1n) is 1.97. The lowest BCUT2D eigenvalue weighted by Crippen LogP contribution is -1.62. The molecule has 0 saturated carbocycles. The van der Waals surface area contributed by atoms with Crippen LogP contribution in [0.15, 0.2) is 0 Å². The standard InChI is InChI=1S/C2N2.C2H7O2P/c3-1-2-4;1-5(2,3)4/h;1-2H3,(H,3,4). The van der Waals surface area contributed by atoms with Crippen molar-refractivity contribution < 1.29 is 9.46 Å². The van der Waals surface area contributed by atoms with Crippen LogP contribution < -0.4 is 0 Å². The van der Waals surface area contributed by atoms with Crippen LogP contribution in [-0.4, -0.2) is 18.2 Å². The zero-order chi connectivity index (χ0) is 7.91. The van der Waals surface area contributed by atoms with E-state index in [9.17, 15) is 4.57 Å². The molecule has 0 aromatic rings. The molecule has 0 bridgehead atoms. The summed E-state index contributed by atoms with van der Waals surface area (Å²) in [6, 6.07) is 2.47. The van der Waals surface area contributed by atoms with Crippen LogP contribution in [-0.2, 0) is 4.57 Å². The summed E-state index contributed by atoms with van der Waals surface area (Å²) < 4.78 is 9.77. The van der Waals surface area contributed by atoms with Crippen molar-refractivity contribution in [1.82, 2.24) is 0 Å². The topological polar surface area (TPSA) is 84.9 Å². The zero-order valence-electron chi connectivity index (χ0n) is 5.20. The van der Waals surface area contributed by atoms with Crippen molar-refractivity contribution >= 4 is 7.37 Å². The Hall–Kier alpha value is -0.830. The summed E-state index contributed by atoms with van der Waals surface area (Å²) in [6.07, 6.45) is 0. The maximum Gasteiger partial charge on any atom is 0.194 e. The van der Waals surface area contributed by atoms with E-state index in [0.29, 0.717) is 0 Å². The minimum Gasteiger partial charge on any atom is -0.345 e. The summed E-state index contributed by atoms with van der Waals surface area (Å²) in [4.78, 5) is 8.08. The normalized spacial score (nSPS) is 7.67. The molecule has 50 valence electrons. The van der Waals surface area contributed by atoms with Crippen molar-refractivity contribution in [3.8, 4) is 12.1 Å². The van der Waals surface area contributed by atoms with Crippen LogP contribution in [0.25, 0.3) is 0 Å². The molecule has 1 N–H and O–H groups in total. The van der Waals surface area contributed by atoms with E-state index in [1.807, 2.05) is 0 Å². The monoisotopic (exact) mass is 146 g/mol. The van der Waals surface area contributed by atoms with Gasteiger partial charge < -0.3 is 4.89 Å². The van der Waals surface area contributed by atoms with Crippen LogP contribution in [0.4, 0.5) is 0 Å². The predicted molar refractivity (Wildman–Crippen MR) is 32.9 cm³/mol. The van der Waals surface area contributed by atoms with Crippen LogP contribution in [0.5, 0.6) is 0 Å². The summed E-state index contributed by atoms with van der Waals surface area (Å²) in [7, 11) is -2.64. The summed E-state index contributed by atoms with van der Waals surface area (Å²) in [6.45, 7) is 2.60.